The number of hydrogen-bond acceptors (Lipinski definition) is 5. The minimum absolute atomic E-state index is 0.0914. The Hall–Kier alpha value is -1.96. The number of carboxylic acids is 1. The zero-order chi connectivity index (χ0) is 13.8. The van der Waals surface area contributed by atoms with E-state index < -0.39 is 5.97 Å². The van der Waals surface area contributed by atoms with E-state index in [4.69, 9.17) is 9.84 Å². The number of carbonyl (C=O) groups excluding carboxylic acids is 1. The Morgan fingerprint density at radius 1 is 1.58 bits per heavy atom. The van der Waals surface area contributed by atoms with Crippen molar-refractivity contribution in [1.29, 1.82) is 0 Å². The Kier molecular flexibility index (Phi) is 4.10. The molecule has 104 valence electrons. The van der Waals surface area contributed by atoms with Crippen molar-refractivity contribution < 1.29 is 19.4 Å². The summed E-state index contributed by atoms with van der Waals surface area (Å²) in [5, 5.41) is 18.6. The van der Waals surface area contributed by atoms with Crippen LogP contribution in [0.3, 0.4) is 0 Å². The molecule has 1 heterocycles. The highest BCUT2D eigenvalue weighted by Gasteiger charge is 2.31. The third-order valence-corrected chi connectivity index (χ3v) is 2.90. The van der Waals surface area contributed by atoms with Crippen LogP contribution >= 0.6 is 0 Å². The van der Waals surface area contributed by atoms with Crippen molar-refractivity contribution in [2.24, 2.45) is 0 Å². The van der Waals surface area contributed by atoms with E-state index in [0.717, 1.165) is 17.5 Å². The first kappa shape index (κ1) is 13.5. The average molecular weight is 268 g/mol. The summed E-state index contributed by atoms with van der Waals surface area (Å²) in [6, 6.07) is 0.0914. The first-order valence-electron chi connectivity index (χ1n) is 6.13. The lowest BCUT2D eigenvalue weighted by Gasteiger charge is -2.35. The second kappa shape index (κ2) is 5.79. The quantitative estimate of drug-likeness (QED) is 0.731. The van der Waals surface area contributed by atoms with Gasteiger partial charge in [-0.05, 0) is 19.8 Å². The predicted octanol–water partition coefficient (Wildman–Crippen LogP) is -0.340. The van der Waals surface area contributed by atoms with Crippen LogP contribution in [-0.4, -0.2) is 50.7 Å². The number of nitrogens with zero attached hydrogens (tertiary/aromatic N) is 3. The number of aliphatic carboxylic acids is 1. The first-order valence-corrected chi connectivity index (χ1v) is 6.13. The number of ether oxygens (including phenoxy) is 1. The van der Waals surface area contributed by atoms with Gasteiger partial charge in [0.05, 0.1) is 12.3 Å². The minimum atomic E-state index is -1.03. The van der Waals surface area contributed by atoms with Crippen LogP contribution in [0.5, 0.6) is 0 Å². The monoisotopic (exact) mass is 268 g/mol. The maximum absolute atomic E-state index is 11.8. The van der Waals surface area contributed by atoms with Crippen LogP contribution in [0.4, 0.5) is 0 Å². The molecule has 1 aromatic rings. The van der Waals surface area contributed by atoms with Gasteiger partial charge in [0, 0.05) is 12.6 Å². The standard InChI is InChI=1S/C11H16N4O4/c1-2-19-8-3-7(4-8)12-11(18)9-5-15(14-13-9)6-10(16)17/h5,7-8H,2-4,6H2,1H3,(H,12,18)(H,16,17). The lowest BCUT2D eigenvalue weighted by molar-refractivity contribution is -0.137. The molecule has 0 unspecified atom stereocenters. The van der Waals surface area contributed by atoms with Crippen molar-refractivity contribution in [3.05, 3.63) is 11.9 Å². The van der Waals surface area contributed by atoms with E-state index in [1.165, 1.54) is 6.20 Å². The molecule has 1 aliphatic carbocycles. The van der Waals surface area contributed by atoms with Crippen molar-refractivity contribution in [1.82, 2.24) is 20.3 Å². The van der Waals surface area contributed by atoms with Crippen molar-refractivity contribution in [3.63, 3.8) is 0 Å². The van der Waals surface area contributed by atoms with Gasteiger partial charge in [-0.2, -0.15) is 0 Å². The van der Waals surface area contributed by atoms with Gasteiger partial charge in [0.2, 0.25) is 0 Å². The second-order valence-corrected chi connectivity index (χ2v) is 4.41. The number of nitrogens with one attached hydrogen (secondary N) is 1. The van der Waals surface area contributed by atoms with Crippen LogP contribution in [0, 0.1) is 0 Å². The highest BCUT2D eigenvalue weighted by atomic mass is 16.5. The normalized spacial score (nSPS) is 21.7. The van der Waals surface area contributed by atoms with Crippen molar-refractivity contribution in [2.75, 3.05) is 6.61 Å². The maximum Gasteiger partial charge on any atom is 0.325 e. The predicted molar refractivity (Wildman–Crippen MR) is 63.6 cm³/mol. The summed E-state index contributed by atoms with van der Waals surface area (Å²) in [6.45, 7) is 2.30. The van der Waals surface area contributed by atoms with Crippen LogP contribution in [0.2, 0.25) is 0 Å². The fraction of sp³-hybridized carbons (Fsp3) is 0.636. The zero-order valence-electron chi connectivity index (χ0n) is 10.6. The molecule has 0 spiro atoms. The Morgan fingerprint density at radius 3 is 2.95 bits per heavy atom. The van der Waals surface area contributed by atoms with E-state index in [0.29, 0.717) is 6.61 Å². The molecule has 8 nitrogen and oxygen atoms in total. The van der Waals surface area contributed by atoms with Crippen LogP contribution in [0.25, 0.3) is 0 Å². The zero-order valence-corrected chi connectivity index (χ0v) is 10.6. The van der Waals surface area contributed by atoms with Gasteiger partial charge in [0.25, 0.3) is 5.91 Å². The van der Waals surface area contributed by atoms with E-state index in [9.17, 15) is 9.59 Å². The molecule has 1 aromatic heterocycles. The van der Waals surface area contributed by atoms with Gasteiger partial charge >= 0.3 is 5.97 Å². The van der Waals surface area contributed by atoms with Gasteiger partial charge in [0.15, 0.2) is 5.69 Å². The summed E-state index contributed by atoms with van der Waals surface area (Å²) in [5.74, 6) is -1.37. The average Bonchev–Trinajstić information content (AvgIpc) is 2.73. The van der Waals surface area contributed by atoms with Gasteiger partial charge in [-0.1, -0.05) is 5.21 Å². The van der Waals surface area contributed by atoms with E-state index in [1.807, 2.05) is 6.92 Å². The van der Waals surface area contributed by atoms with Crippen LogP contribution < -0.4 is 5.32 Å². The summed E-state index contributed by atoms with van der Waals surface area (Å²) in [7, 11) is 0. The van der Waals surface area contributed by atoms with Crippen LogP contribution in [0.15, 0.2) is 6.20 Å². The van der Waals surface area contributed by atoms with Gasteiger partial charge in [-0.3, -0.25) is 9.59 Å². The SMILES string of the molecule is CCOC1CC(NC(=O)c2cn(CC(=O)O)nn2)C1. The fourth-order valence-corrected chi connectivity index (χ4v) is 1.93. The fourth-order valence-electron chi connectivity index (χ4n) is 1.93. The molecular weight excluding hydrogens is 252 g/mol. The van der Waals surface area contributed by atoms with Crippen molar-refractivity contribution in [3.8, 4) is 0 Å². The highest BCUT2D eigenvalue weighted by molar-refractivity contribution is 5.92. The minimum Gasteiger partial charge on any atom is -0.480 e. The molecule has 0 radical (unpaired) electrons. The summed E-state index contributed by atoms with van der Waals surface area (Å²) >= 11 is 0. The topological polar surface area (TPSA) is 106 Å². The molecule has 0 aliphatic heterocycles. The molecular formula is C11H16N4O4. The number of carbonyl (C=O) groups is 2. The molecule has 2 rings (SSSR count). The summed E-state index contributed by atoms with van der Waals surface area (Å²) in [4.78, 5) is 22.3. The molecule has 2 N–H and O–H groups in total. The van der Waals surface area contributed by atoms with Crippen LogP contribution in [0.1, 0.15) is 30.3 Å². The van der Waals surface area contributed by atoms with Gasteiger partial charge < -0.3 is 15.2 Å². The lowest BCUT2D eigenvalue weighted by Crippen LogP contribution is -2.47. The summed E-state index contributed by atoms with van der Waals surface area (Å²) in [6.07, 6.45) is 3.13. The third-order valence-electron chi connectivity index (χ3n) is 2.90. The molecule has 19 heavy (non-hydrogen) atoms. The number of aromatic nitrogens is 3. The molecule has 0 saturated heterocycles. The molecule has 0 aromatic carbocycles. The maximum atomic E-state index is 11.8. The molecule has 1 aliphatic rings. The van der Waals surface area contributed by atoms with E-state index in [1.54, 1.807) is 0 Å². The largest absolute Gasteiger partial charge is 0.480 e. The Labute approximate surface area is 109 Å². The van der Waals surface area contributed by atoms with Crippen LogP contribution in [-0.2, 0) is 16.1 Å². The number of carboxylic acid groups (broad SMARTS) is 1. The van der Waals surface area contributed by atoms with E-state index in [2.05, 4.69) is 15.6 Å². The third kappa shape index (κ3) is 3.50. The molecule has 8 heteroatoms. The summed E-state index contributed by atoms with van der Waals surface area (Å²) in [5.41, 5.74) is 0.126. The van der Waals surface area contributed by atoms with Gasteiger partial charge in [-0.15, -0.1) is 5.10 Å². The molecule has 0 atom stereocenters. The molecule has 0 bridgehead atoms. The van der Waals surface area contributed by atoms with Crippen molar-refractivity contribution in [2.45, 2.75) is 38.5 Å². The Balaban J connectivity index is 1.80. The smallest absolute Gasteiger partial charge is 0.325 e. The summed E-state index contributed by atoms with van der Waals surface area (Å²) < 4.78 is 6.51. The Morgan fingerprint density at radius 2 is 2.32 bits per heavy atom. The second-order valence-electron chi connectivity index (χ2n) is 4.41. The molecule has 1 fully saturated rings. The first-order chi connectivity index (χ1) is 9.08. The highest BCUT2D eigenvalue weighted by Crippen LogP contribution is 2.23. The number of rotatable bonds is 6. The molecule has 1 amide bonds. The number of hydrogen-bond donors (Lipinski definition) is 2. The lowest BCUT2D eigenvalue weighted by atomic mass is 9.89. The van der Waals surface area contributed by atoms with Crippen molar-refractivity contribution >= 4 is 11.9 Å². The van der Waals surface area contributed by atoms with Gasteiger partial charge in [-0.25, -0.2) is 4.68 Å². The number of amides is 1. The van der Waals surface area contributed by atoms with Gasteiger partial charge in [0.1, 0.15) is 6.54 Å². The molecule has 1 saturated carbocycles. The van der Waals surface area contributed by atoms with E-state index in [-0.39, 0.29) is 30.3 Å². The Bertz CT molecular complexity index is 467. The van der Waals surface area contributed by atoms with E-state index >= 15 is 0 Å².